The molecule has 4 N–H and O–H groups in total. The second-order valence-corrected chi connectivity index (χ2v) is 0.750. The molecular weight excluding hydrogens is 114 g/mol. The van der Waals surface area contributed by atoms with Crippen molar-refractivity contribution < 1.29 is 14.1 Å². The second-order valence-electron chi connectivity index (χ2n) is 0.250. The van der Waals surface area contributed by atoms with E-state index in [1.54, 1.807) is 0 Å². The molecule has 6 heavy (non-hydrogen) atoms. The zero-order valence-corrected chi connectivity index (χ0v) is 5.85. The Bertz CT molecular complexity index is 33.8. The van der Waals surface area contributed by atoms with Gasteiger partial charge >= 0.3 is 23.1 Å². The van der Waals surface area contributed by atoms with Crippen LogP contribution in [-0.2, 0) is 4.46 Å². The van der Waals surface area contributed by atoms with Gasteiger partial charge in [-0.3, -0.25) is 0 Å². The van der Waals surface area contributed by atoms with E-state index in [4.69, 9.17) is 14.1 Å². The van der Waals surface area contributed by atoms with Crippen LogP contribution in [0.1, 0.15) is 0 Å². The molecule has 0 bridgehead atoms. The Balaban J connectivity index is -0.0000000450. The maximum Gasteiger partial charge on any atom is 2.00 e. The van der Waals surface area contributed by atoms with Crippen LogP contribution in [0.5, 0.6) is 0 Å². The number of hydrogen-bond donors (Lipinski definition) is 1. The van der Waals surface area contributed by atoms with Crippen molar-refractivity contribution in [1.82, 2.24) is 6.15 Å². The summed E-state index contributed by atoms with van der Waals surface area (Å²) in [6.45, 7) is 0. The van der Waals surface area contributed by atoms with E-state index >= 15 is 0 Å². The minimum Gasteiger partial charge on any atom is -0.672 e. The third kappa shape index (κ3) is 412. The molecule has 0 aromatic rings. The third-order valence-electron chi connectivity index (χ3n) is 0. The van der Waals surface area contributed by atoms with Gasteiger partial charge in [0.05, 0.1) is 0 Å². The SMILES string of the molecule is O=[Si]([O-])[O-].[Mg+2].[NH4+]. The van der Waals surface area contributed by atoms with Crippen molar-refractivity contribution in [3.63, 3.8) is 0 Å². The molecule has 0 amide bonds. The maximum absolute atomic E-state index is 8.52. The van der Waals surface area contributed by atoms with Crippen LogP contribution >= 0.6 is 0 Å². The summed E-state index contributed by atoms with van der Waals surface area (Å²) in [5, 5.41) is 0. The zero-order valence-electron chi connectivity index (χ0n) is 3.43. The fourth-order valence-corrected chi connectivity index (χ4v) is 0. The van der Waals surface area contributed by atoms with Crippen LogP contribution in [0.15, 0.2) is 0 Å². The Morgan fingerprint density at radius 3 is 1.33 bits per heavy atom. The standard InChI is InChI=1S/Mg.H3N.O3Si/c;;1-4(2)3/h;1H3;/q+2;;-2/p+1. The van der Waals surface area contributed by atoms with E-state index in [2.05, 4.69) is 0 Å². The maximum atomic E-state index is 8.52. The molecule has 0 aliphatic rings. The third-order valence-corrected chi connectivity index (χ3v) is 0. The molecule has 0 aliphatic carbocycles. The van der Waals surface area contributed by atoms with Gasteiger partial charge in [0.25, 0.3) is 0 Å². The quantitative estimate of drug-likeness (QED) is 0.346. The van der Waals surface area contributed by atoms with Gasteiger partial charge in [-0.2, -0.15) is 0 Å². The number of hydrogen-bond acceptors (Lipinski definition) is 3. The molecule has 0 aliphatic heterocycles. The predicted molar refractivity (Wildman–Crippen MR) is 18.2 cm³/mol. The van der Waals surface area contributed by atoms with Gasteiger partial charge in [-0.1, -0.05) is 0 Å². The summed E-state index contributed by atoms with van der Waals surface area (Å²) in [7, 11) is -3.63. The van der Waals surface area contributed by atoms with Crippen molar-refractivity contribution >= 4 is 32.2 Å². The molecular formula is H4MgNO3Si+. The van der Waals surface area contributed by atoms with Crippen LogP contribution in [0.2, 0.25) is 0 Å². The van der Waals surface area contributed by atoms with Crippen molar-refractivity contribution in [3.05, 3.63) is 0 Å². The van der Waals surface area contributed by atoms with E-state index in [9.17, 15) is 0 Å². The molecule has 0 radical (unpaired) electrons. The van der Waals surface area contributed by atoms with Gasteiger partial charge in [0.2, 0.25) is 0 Å². The minimum atomic E-state index is -3.63. The van der Waals surface area contributed by atoms with E-state index in [1.165, 1.54) is 0 Å². The van der Waals surface area contributed by atoms with E-state index in [0.717, 1.165) is 0 Å². The molecule has 0 atom stereocenters. The molecule has 6 heteroatoms. The molecule has 0 unspecified atom stereocenters. The van der Waals surface area contributed by atoms with Crippen molar-refractivity contribution in [2.24, 2.45) is 0 Å². The average molecular weight is 118 g/mol. The molecule has 0 spiro atoms. The summed E-state index contributed by atoms with van der Waals surface area (Å²) in [4.78, 5) is 17.0. The van der Waals surface area contributed by atoms with Crippen LogP contribution in [0.25, 0.3) is 0 Å². The Morgan fingerprint density at radius 2 is 1.33 bits per heavy atom. The van der Waals surface area contributed by atoms with Gasteiger partial charge < -0.3 is 20.2 Å². The first-order chi connectivity index (χ1) is 1.73. The average Bonchev–Trinajstić information content (AvgIpc) is 0.811. The summed E-state index contributed by atoms with van der Waals surface area (Å²) in [5.74, 6) is 0. The molecule has 0 saturated carbocycles. The van der Waals surface area contributed by atoms with Gasteiger partial charge in [0.15, 0.2) is 0 Å². The number of rotatable bonds is 0. The Hall–Kier alpha value is 0.343. The first-order valence-corrected chi connectivity index (χ1v) is 1.84. The molecule has 0 heterocycles. The van der Waals surface area contributed by atoms with E-state index < -0.39 is 9.17 Å². The Morgan fingerprint density at radius 1 is 1.33 bits per heavy atom. The van der Waals surface area contributed by atoms with Crippen LogP contribution < -0.4 is 15.7 Å². The molecule has 0 aromatic carbocycles. The largest absolute Gasteiger partial charge is 2.00 e. The van der Waals surface area contributed by atoms with Crippen LogP contribution in [0.3, 0.4) is 0 Å². The van der Waals surface area contributed by atoms with Crippen LogP contribution in [-0.4, -0.2) is 32.2 Å². The van der Waals surface area contributed by atoms with E-state index in [0.29, 0.717) is 0 Å². The normalized spacial score (nSPS) is 4.00. The first kappa shape index (κ1) is 16.2. The van der Waals surface area contributed by atoms with Crippen LogP contribution in [0.4, 0.5) is 0 Å². The first-order valence-electron chi connectivity index (χ1n) is 0.612. The zero-order chi connectivity index (χ0) is 3.58. The molecule has 0 aromatic heterocycles. The molecule has 0 fully saturated rings. The summed E-state index contributed by atoms with van der Waals surface area (Å²) in [5.41, 5.74) is 0. The monoisotopic (exact) mass is 118 g/mol. The molecule has 0 rings (SSSR count). The second kappa shape index (κ2) is 9.02. The summed E-state index contributed by atoms with van der Waals surface area (Å²) < 4.78 is 8.52. The van der Waals surface area contributed by atoms with Crippen molar-refractivity contribution in [2.75, 3.05) is 0 Å². The Labute approximate surface area is 52.8 Å². The van der Waals surface area contributed by atoms with E-state index in [-0.39, 0.29) is 29.2 Å². The molecule has 0 saturated heterocycles. The number of quaternary nitrogens is 1. The van der Waals surface area contributed by atoms with Crippen molar-refractivity contribution in [3.8, 4) is 0 Å². The van der Waals surface area contributed by atoms with Crippen molar-refractivity contribution in [1.29, 1.82) is 0 Å². The summed E-state index contributed by atoms with van der Waals surface area (Å²) in [6, 6.07) is 0. The van der Waals surface area contributed by atoms with Crippen molar-refractivity contribution in [2.45, 2.75) is 0 Å². The van der Waals surface area contributed by atoms with Gasteiger partial charge in [-0.15, -0.1) is 0 Å². The molecule has 4 nitrogen and oxygen atoms in total. The topological polar surface area (TPSA) is 99.7 Å². The van der Waals surface area contributed by atoms with E-state index in [1.807, 2.05) is 0 Å². The summed E-state index contributed by atoms with van der Waals surface area (Å²) in [6.07, 6.45) is 0. The fourth-order valence-electron chi connectivity index (χ4n) is 0. The minimum absolute atomic E-state index is 0. The van der Waals surface area contributed by atoms with Gasteiger partial charge in [-0.25, -0.2) is 0 Å². The Kier molecular flexibility index (Phi) is 24.4. The fraction of sp³-hybridized carbons (Fsp3) is 0. The smallest absolute Gasteiger partial charge is 0.672 e. The summed E-state index contributed by atoms with van der Waals surface area (Å²) >= 11 is 0. The van der Waals surface area contributed by atoms with Crippen LogP contribution in [0, 0.1) is 0 Å². The van der Waals surface area contributed by atoms with Gasteiger partial charge in [-0.05, 0) is 0 Å². The van der Waals surface area contributed by atoms with Gasteiger partial charge in [0, 0.05) is 9.17 Å². The predicted octanol–water partition coefficient (Wildman–Crippen LogP) is -2.88. The molecule has 32 valence electrons. The van der Waals surface area contributed by atoms with Gasteiger partial charge in [0.1, 0.15) is 0 Å².